The van der Waals surface area contributed by atoms with Crippen LogP contribution in [0.2, 0.25) is 5.02 Å². The van der Waals surface area contributed by atoms with Gasteiger partial charge in [-0.3, -0.25) is 14.4 Å². The molecule has 0 saturated heterocycles. The number of methoxy groups -OCH3 is 1. The van der Waals surface area contributed by atoms with Crippen LogP contribution in [0.4, 0.5) is 5.69 Å². The molecule has 0 atom stereocenters. The standard InChI is InChI=1S/C19H18ClNO5/c1-25-14-8-6-13(7-9-14)17(22)12-26-19(24)11-10-18(23)21-16-5-3-2-4-15(16)20/h2-9H,10-12H2,1H3,(H,21,23). The van der Waals surface area contributed by atoms with Crippen molar-refractivity contribution < 1.29 is 23.9 Å². The summed E-state index contributed by atoms with van der Waals surface area (Å²) in [4.78, 5) is 35.5. The highest BCUT2D eigenvalue weighted by molar-refractivity contribution is 6.33. The van der Waals surface area contributed by atoms with Gasteiger partial charge in [-0.1, -0.05) is 23.7 Å². The van der Waals surface area contributed by atoms with E-state index in [4.69, 9.17) is 21.1 Å². The summed E-state index contributed by atoms with van der Waals surface area (Å²) in [6.07, 6.45) is -0.201. The van der Waals surface area contributed by atoms with E-state index >= 15 is 0 Å². The van der Waals surface area contributed by atoms with Gasteiger partial charge in [0.15, 0.2) is 12.4 Å². The quantitative estimate of drug-likeness (QED) is 0.564. The molecule has 0 spiro atoms. The molecule has 7 heteroatoms. The number of hydrogen-bond donors (Lipinski definition) is 1. The molecule has 2 rings (SSSR count). The van der Waals surface area contributed by atoms with E-state index in [1.54, 1.807) is 48.5 Å². The van der Waals surface area contributed by atoms with E-state index in [1.165, 1.54) is 7.11 Å². The second kappa shape index (κ2) is 9.58. The Bertz CT molecular complexity index is 789. The highest BCUT2D eigenvalue weighted by Crippen LogP contribution is 2.20. The molecule has 26 heavy (non-hydrogen) atoms. The molecular weight excluding hydrogens is 358 g/mol. The van der Waals surface area contributed by atoms with Gasteiger partial charge >= 0.3 is 5.97 Å². The van der Waals surface area contributed by atoms with E-state index in [9.17, 15) is 14.4 Å². The SMILES string of the molecule is COc1ccc(C(=O)COC(=O)CCC(=O)Nc2ccccc2Cl)cc1. The molecule has 2 aromatic carbocycles. The summed E-state index contributed by atoms with van der Waals surface area (Å²) in [6, 6.07) is 13.3. The number of ketones is 1. The molecular formula is C19H18ClNO5. The minimum atomic E-state index is -0.624. The molecule has 0 unspecified atom stereocenters. The van der Waals surface area contributed by atoms with E-state index in [0.29, 0.717) is 22.0 Å². The van der Waals surface area contributed by atoms with Crippen LogP contribution >= 0.6 is 11.6 Å². The van der Waals surface area contributed by atoms with Crippen LogP contribution in [0.15, 0.2) is 48.5 Å². The zero-order valence-electron chi connectivity index (χ0n) is 14.2. The molecule has 136 valence electrons. The molecule has 0 fully saturated rings. The van der Waals surface area contributed by atoms with Gasteiger partial charge in [0.25, 0.3) is 0 Å². The van der Waals surface area contributed by atoms with E-state index in [1.807, 2.05) is 0 Å². The van der Waals surface area contributed by atoms with Crippen LogP contribution in [0.3, 0.4) is 0 Å². The van der Waals surface area contributed by atoms with Crippen molar-refractivity contribution in [3.8, 4) is 5.75 Å². The van der Waals surface area contributed by atoms with Crippen molar-refractivity contribution in [1.82, 2.24) is 0 Å². The summed E-state index contributed by atoms with van der Waals surface area (Å²) < 4.78 is 9.92. The van der Waals surface area contributed by atoms with Crippen molar-refractivity contribution in [3.05, 3.63) is 59.1 Å². The number of halogens is 1. The van der Waals surface area contributed by atoms with Crippen LogP contribution in [-0.2, 0) is 14.3 Å². The predicted molar refractivity (Wildman–Crippen MR) is 97.6 cm³/mol. The number of amides is 1. The number of ether oxygens (including phenoxy) is 2. The van der Waals surface area contributed by atoms with Crippen molar-refractivity contribution in [1.29, 1.82) is 0 Å². The Morgan fingerprint density at radius 1 is 1.00 bits per heavy atom. The Morgan fingerprint density at radius 3 is 2.35 bits per heavy atom. The lowest BCUT2D eigenvalue weighted by molar-refractivity contribution is -0.143. The van der Waals surface area contributed by atoms with Crippen molar-refractivity contribution >= 4 is 34.9 Å². The van der Waals surface area contributed by atoms with Gasteiger partial charge in [-0.25, -0.2) is 0 Å². The first kappa shape index (κ1) is 19.5. The predicted octanol–water partition coefficient (Wildman–Crippen LogP) is 3.49. The Kier molecular flexibility index (Phi) is 7.17. The molecule has 0 saturated carbocycles. The Labute approximate surface area is 156 Å². The maximum absolute atomic E-state index is 12.0. The number of esters is 1. The maximum Gasteiger partial charge on any atom is 0.306 e. The van der Waals surface area contributed by atoms with Gasteiger partial charge in [0.2, 0.25) is 5.91 Å². The Balaban J connectivity index is 1.73. The molecule has 2 aromatic rings. The maximum atomic E-state index is 12.0. The summed E-state index contributed by atoms with van der Waals surface area (Å²) in [7, 11) is 1.53. The first-order valence-corrected chi connectivity index (χ1v) is 8.24. The minimum Gasteiger partial charge on any atom is -0.497 e. The molecule has 0 heterocycles. The van der Waals surface area contributed by atoms with Crippen LogP contribution in [-0.4, -0.2) is 31.4 Å². The topological polar surface area (TPSA) is 81.7 Å². The fraction of sp³-hybridized carbons (Fsp3) is 0.211. The van der Waals surface area contributed by atoms with Crippen LogP contribution in [0.5, 0.6) is 5.75 Å². The highest BCUT2D eigenvalue weighted by Gasteiger charge is 2.12. The summed E-state index contributed by atoms with van der Waals surface area (Å²) in [6.45, 7) is -0.378. The highest BCUT2D eigenvalue weighted by atomic mass is 35.5. The number of rotatable bonds is 8. The summed E-state index contributed by atoms with van der Waals surface area (Å²) in [5.74, 6) is -0.692. The van der Waals surface area contributed by atoms with E-state index in [-0.39, 0.29) is 31.1 Å². The number of benzene rings is 2. The molecule has 0 aliphatic rings. The monoisotopic (exact) mass is 375 g/mol. The first-order valence-electron chi connectivity index (χ1n) is 7.87. The largest absolute Gasteiger partial charge is 0.497 e. The van der Waals surface area contributed by atoms with Crippen molar-refractivity contribution in [2.45, 2.75) is 12.8 Å². The molecule has 1 amide bonds. The van der Waals surface area contributed by atoms with Gasteiger partial charge < -0.3 is 14.8 Å². The van der Waals surface area contributed by atoms with Gasteiger partial charge in [0, 0.05) is 12.0 Å². The lowest BCUT2D eigenvalue weighted by atomic mass is 10.1. The van der Waals surface area contributed by atoms with Crippen molar-refractivity contribution in [3.63, 3.8) is 0 Å². The van der Waals surface area contributed by atoms with Crippen LogP contribution in [0.1, 0.15) is 23.2 Å². The van der Waals surface area contributed by atoms with Crippen molar-refractivity contribution in [2.24, 2.45) is 0 Å². The van der Waals surface area contributed by atoms with Gasteiger partial charge in [-0.15, -0.1) is 0 Å². The third-order valence-electron chi connectivity index (χ3n) is 3.48. The third kappa shape index (κ3) is 5.89. The normalized spacial score (nSPS) is 10.1. The van der Waals surface area contributed by atoms with Gasteiger partial charge in [-0.05, 0) is 36.4 Å². The Morgan fingerprint density at radius 2 is 1.69 bits per heavy atom. The summed E-state index contributed by atoms with van der Waals surface area (Å²) >= 11 is 5.94. The first-order chi connectivity index (χ1) is 12.5. The average Bonchev–Trinajstić information content (AvgIpc) is 2.66. The average molecular weight is 376 g/mol. The van der Waals surface area contributed by atoms with E-state index in [0.717, 1.165) is 0 Å². The van der Waals surface area contributed by atoms with Crippen LogP contribution in [0, 0.1) is 0 Å². The fourth-order valence-corrected chi connectivity index (χ4v) is 2.25. The molecule has 0 aromatic heterocycles. The van der Waals surface area contributed by atoms with Crippen LogP contribution in [0.25, 0.3) is 0 Å². The zero-order valence-corrected chi connectivity index (χ0v) is 14.9. The van der Waals surface area contributed by atoms with Gasteiger partial charge in [0.05, 0.1) is 24.2 Å². The number of hydrogen-bond acceptors (Lipinski definition) is 5. The fourth-order valence-electron chi connectivity index (χ4n) is 2.07. The van der Waals surface area contributed by atoms with Gasteiger partial charge in [0.1, 0.15) is 5.75 Å². The number of carbonyl (C=O) groups is 3. The number of nitrogens with one attached hydrogen (secondary N) is 1. The second-order valence-corrected chi connectivity index (χ2v) is 5.75. The molecule has 0 aliphatic heterocycles. The number of para-hydroxylation sites is 1. The molecule has 6 nitrogen and oxygen atoms in total. The number of Topliss-reactive ketones (excluding diaryl/α,β-unsaturated/α-hetero) is 1. The smallest absolute Gasteiger partial charge is 0.306 e. The minimum absolute atomic E-state index is 0.0687. The Hall–Kier alpha value is -2.86. The van der Waals surface area contributed by atoms with Crippen LogP contribution < -0.4 is 10.1 Å². The van der Waals surface area contributed by atoms with Gasteiger partial charge in [-0.2, -0.15) is 0 Å². The zero-order chi connectivity index (χ0) is 18.9. The lowest BCUT2D eigenvalue weighted by Crippen LogP contribution is -2.17. The second-order valence-electron chi connectivity index (χ2n) is 5.34. The molecule has 0 bridgehead atoms. The number of carbonyl (C=O) groups excluding carboxylic acids is 3. The third-order valence-corrected chi connectivity index (χ3v) is 3.81. The molecule has 0 radical (unpaired) electrons. The molecule has 1 N–H and O–H groups in total. The van der Waals surface area contributed by atoms with E-state index in [2.05, 4.69) is 5.32 Å². The number of anilines is 1. The van der Waals surface area contributed by atoms with Crippen molar-refractivity contribution in [2.75, 3.05) is 19.0 Å². The molecule has 0 aliphatic carbocycles. The summed E-state index contributed by atoms with van der Waals surface area (Å²) in [5.41, 5.74) is 0.886. The lowest BCUT2D eigenvalue weighted by Gasteiger charge is -2.07. The van der Waals surface area contributed by atoms with E-state index < -0.39 is 5.97 Å². The summed E-state index contributed by atoms with van der Waals surface area (Å²) in [5, 5.41) is 3.02.